The first kappa shape index (κ1) is 26.1. The first-order valence-electron chi connectivity index (χ1n) is 14.2. The number of carbonyl (C=O) groups is 4. The van der Waals surface area contributed by atoms with E-state index in [2.05, 4.69) is 0 Å². The highest BCUT2D eigenvalue weighted by Gasteiger charge is 2.61. The van der Waals surface area contributed by atoms with Crippen molar-refractivity contribution in [2.75, 3.05) is 18.6 Å². The van der Waals surface area contributed by atoms with Crippen molar-refractivity contribution in [2.24, 2.45) is 23.7 Å². The third-order valence-electron chi connectivity index (χ3n) is 8.99. The van der Waals surface area contributed by atoms with E-state index in [1.165, 1.54) is 12.0 Å². The molecule has 4 atom stereocenters. The van der Waals surface area contributed by atoms with Gasteiger partial charge in [0.1, 0.15) is 5.75 Å². The van der Waals surface area contributed by atoms with Gasteiger partial charge in [-0.2, -0.15) is 0 Å². The number of para-hydroxylation sites is 1. The minimum absolute atomic E-state index is 0.106. The van der Waals surface area contributed by atoms with Gasteiger partial charge >= 0.3 is 5.97 Å². The van der Waals surface area contributed by atoms with Gasteiger partial charge in [-0.05, 0) is 67.5 Å². The van der Waals surface area contributed by atoms with Gasteiger partial charge in [0.25, 0.3) is 0 Å². The summed E-state index contributed by atoms with van der Waals surface area (Å²) in [6.07, 6.45) is 3.01. The molecule has 3 aromatic carbocycles. The van der Waals surface area contributed by atoms with E-state index < -0.39 is 12.6 Å². The number of esters is 1. The molecule has 1 aromatic heterocycles. The Hall–Kier alpha value is -4.85. The standard InChI is InChI=1S/C34H28N2O6/c1-41-24-9-5-7-20(16-24)29(37)18-42-34(40)26-17-28(35-27-11-3-2-10-25(26)27)19-6-4-8-23(15-19)36-32(38)30-21-12-13-22(14-21)31(30)33(36)39/h2-11,15-17,21-22,30-31H,12-14,18H2,1H3/t21-,22-,30-,31+/m0/s1. The molecule has 3 aliphatic rings. The van der Waals surface area contributed by atoms with Crippen LogP contribution in [-0.4, -0.2) is 42.3 Å². The lowest BCUT2D eigenvalue weighted by molar-refractivity contribution is -0.123. The average molecular weight is 561 g/mol. The maximum atomic E-state index is 13.4. The van der Waals surface area contributed by atoms with Crippen molar-refractivity contribution in [1.82, 2.24) is 4.98 Å². The number of aromatic nitrogens is 1. The fourth-order valence-corrected chi connectivity index (χ4v) is 7.05. The Kier molecular flexibility index (Phi) is 6.34. The number of amides is 2. The van der Waals surface area contributed by atoms with Gasteiger partial charge in [0.15, 0.2) is 12.4 Å². The second kappa shape index (κ2) is 10.2. The summed E-state index contributed by atoms with van der Waals surface area (Å²) >= 11 is 0. The van der Waals surface area contributed by atoms with Crippen LogP contribution in [0, 0.1) is 23.7 Å². The molecule has 2 aliphatic carbocycles. The van der Waals surface area contributed by atoms with Crippen LogP contribution >= 0.6 is 0 Å². The van der Waals surface area contributed by atoms with E-state index in [1.54, 1.807) is 66.7 Å². The number of pyridine rings is 1. The number of ketones is 1. The Labute approximate surface area is 242 Å². The molecular weight excluding hydrogens is 532 g/mol. The van der Waals surface area contributed by atoms with E-state index in [9.17, 15) is 19.2 Å². The van der Waals surface area contributed by atoms with E-state index in [4.69, 9.17) is 14.5 Å². The predicted molar refractivity (Wildman–Crippen MR) is 155 cm³/mol. The summed E-state index contributed by atoms with van der Waals surface area (Å²) in [6, 6.07) is 22.6. The highest BCUT2D eigenvalue weighted by Crippen LogP contribution is 2.56. The van der Waals surface area contributed by atoms with Crippen molar-refractivity contribution in [3.63, 3.8) is 0 Å². The van der Waals surface area contributed by atoms with E-state index in [-0.39, 0.29) is 35.0 Å². The lowest BCUT2D eigenvalue weighted by Gasteiger charge is -2.19. The number of nitrogens with zero attached hydrogens (tertiary/aromatic N) is 2. The SMILES string of the molecule is COc1cccc(C(=O)COC(=O)c2cc(-c3cccc(N4C(=O)[C@@H]5[C@H]6CC[C@@H](C6)[C@@H]5C4=O)c3)nc3ccccc23)c1. The molecule has 210 valence electrons. The molecule has 1 saturated heterocycles. The van der Waals surface area contributed by atoms with Crippen LogP contribution in [0.4, 0.5) is 5.69 Å². The molecular formula is C34H28N2O6. The van der Waals surface area contributed by atoms with Gasteiger partial charge in [-0.25, -0.2) is 9.78 Å². The van der Waals surface area contributed by atoms with Gasteiger partial charge < -0.3 is 9.47 Å². The minimum atomic E-state index is -0.657. The van der Waals surface area contributed by atoms with Crippen LogP contribution in [0.5, 0.6) is 5.75 Å². The Balaban J connectivity index is 1.18. The first-order valence-corrected chi connectivity index (χ1v) is 14.2. The van der Waals surface area contributed by atoms with Crippen molar-refractivity contribution >= 4 is 40.2 Å². The number of hydrogen-bond donors (Lipinski definition) is 0. The highest BCUT2D eigenvalue weighted by molar-refractivity contribution is 6.22. The van der Waals surface area contributed by atoms with Crippen molar-refractivity contribution in [2.45, 2.75) is 19.3 Å². The van der Waals surface area contributed by atoms with Gasteiger partial charge in [0, 0.05) is 16.5 Å². The van der Waals surface area contributed by atoms with Gasteiger partial charge in [0.05, 0.1) is 41.4 Å². The van der Waals surface area contributed by atoms with Gasteiger partial charge in [0.2, 0.25) is 11.8 Å². The summed E-state index contributed by atoms with van der Waals surface area (Å²) in [4.78, 5) is 59.0. The second-order valence-electron chi connectivity index (χ2n) is 11.3. The number of Topliss-reactive ketones (excluding diaryl/α,β-unsaturated/α-hetero) is 1. The summed E-state index contributed by atoms with van der Waals surface area (Å²) in [5.41, 5.74) is 2.87. The van der Waals surface area contributed by atoms with Crippen molar-refractivity contribution < 1.29 is 28.7 Å². The molecule has 1 aliphatic heterocycles. The molecule has 2 bridgehead atoms. The summed E-state index contributed by atoms with van der Waals surface area (Å²) in [5, 5.41) is 0.587. The fourth-order valence-electron chi connectivity index (χ4n) is 7.05. The van der Waals surface area contributed by atoms with E-state index >= 15 is 0 Å². The third kappa shape index (κ3) is 4.26. The monoisotopic (exact) mass is 560 g/mol. The molecule has 2 heterocycles. The van der Waals surface area contributed by atoms with E-state index in [0.29, 0.717) is 51.0 Å². The van der Waals surface area contributed by atoms with Crippen molar-refractivity contribution in [3.05, 3.63) is 90.0 Å². The van der Waals surface area contributed by atoms with Crippen molar-refractivity contribution in [1.29, 1.82) is 0 Å². The Bertz CT molecular complexity index is 1750. The Morgan fingerprint density at radius 2 is 1.62 bits per heavy atom. The number of fused-ring (bicyclic) bond motifs is 6. The molecule has 0 spiro atoms. The van der Waals surface area contributed by atoms with E-state index in [1.807, 2.05) is 12.1 Å². The number of anilines is 1. The summed E-state index contributed by atoms with van der Waals surface area (Å²) in [7, 11) is 1.51. The van der Waals surface area contributed by atoms with Gasteiger partial charge in [-0.15, -0.1) is 0 Å². The smallest absolute Gasteiger partial charge is 0.339 e. The van der Waals surface area contributed by atoms with Gasteiger partial charge in [-0.3, -0.25) is 19.3 Å². The minimum Gasteiger partial charge on any atom is -0.497 e. The number of imide groups is 1. The zero-order valence-electron chi connectivity index (χ0n) is 23.0. The quantitative estimate of drug-likeness (QED) is 0.167. The van der Waals surface area contributed by atoms with Crippen LogP contribution in [0.2, 0.25) is 0 Å². The topological polar surface area (TPSA) is 103 Å². The molecule has 42 heavy (non-hydrogen) atoms. The Morgan fingerprint density at radius 1 is 0.881 bits per heavy atom. The third-order valence-corrected chi connectivity index (χ3v) is 8.99. The molecule has 0 unspecified atom stereocenters. The highest BCUT2D eigenvalue weighted by atomic mass is 16.5. The molecule has 0 radical (unpaired) electrons. The first-order chi connectivity index (χ1) is 20.4. The normalized spacial score (nSPS) is 22.5. The van der Waals surface area contributed by atoms with Crippen LogP contribution in [0.1, 0.15) is 40.0 Å². The second-order valence-corrected chi connectivity index (χ2v) is 11.3. The zero-order valence-corrected chi connectivity index (χ0v) is 23.0. The molecule has 0 N–H and O–H groups in total. The predicted octanol–water partition coefficient (Wildman–Crippen LogP) is 5.49. The number of ether oxygens (including phenoxy) is 2. The maximum Gasteiger partial charge on any atom is 0.339 e. The Morgan fingerprint density at radius 3 is 2.38 bits per heavy atom. The molecule has 3 fully saturated rings. The summed E-state index contributed by atoms with van der Waals surface area (Å²) in [5.74, 6) is -0.502. The maximum absolute atomic E-state index is 13.4. The molecule has 2 saturated carbocycles. The van der Waals surface area contributed by atoms with Crippen LogP contribution < -0.4 is 9.64 Å². The number of rotatable bonds is 7. The van der Waals surface area contributed by atoms with Crippen LogP contribution in [0.3, 0.4) is 0 Å². The average Bonchev–Trinajstić information content (AvgIpc) is 3.72. The van der Waals surface area contributed by atoms with Gasteiger partial charge in [-0.1, -0.05) is 42.5 Å². The lowest BCUT2D eigenvalue weighted by atomic mass is 9.81. The fraction of sp³-hybridized carbons (Fsp3) is 0.265. The number of methoxy groups -OCH3 is 1. The zero-order chi connectivity index (χ0) is 29.0. The summed E-state index contributed by atoms with van der Waals surface area (Å²) < 4.78 is 10.6. The van der Waals surface area contributed by atoms with E-state index in [0.717, 1.165) is 19.3 Å². The number of carbonyl (C=O) groups excluding carboxylic acids is 4. The molecule has 8 nitrogen and oxygen atoms in total. The molecule has 7 rings (SSSR count). The molecule has 2 amide bonds. The van der Waals surface area contributed by atoms with Crippen LogP contribution in [0.15, 0.2) is 78.9 Å². The summed E-state index contributed by atoms with van der Waals surface area (Å²) in [6.45, 7) is -0.434. The number of benzene rings is 3. The molecule has 8 heteroatoms. The molecule has 4 aromatic rings. The van der Waals surface area contributed by atoms with Crippen LogP contribution in [0.25, 0.3) is 22.2 Å². The van der Waals surface area contributed by atoms with Crippen molar-refractivity contribution in [3.8, 4) is 17.0 Å². The largest absolute Gasteiger partial charge is 0.497 e. The lowest BCUT2D eigenvalue weighted by Crippen LogP contribution is -2.32. The number of hydrogen-bond acceptors (Lipinski definition) is 7. The van der Waals surface area contributed by atoms with Crippen LogP contribution in [-0.2, 0) is 14.3 Å².